The van der Waals surface area contributed by atoms with Crippen molar-refractivity contribution in [2.45, 2.75) is 16.8 Å². The number of halogens is 4. The molecule has 0 spiro atoms. The molecule has 0 bridgehead atoms. The molecule has 23 heavy (non-hydrogen) atoms. The summed E-state index contributed by atoms with van der Waals surface area (Å²) in [7, 11) is 0. The number of carbonyl (C=O) groups excluding carboxylic acids is 1. The standard InChI is InChI=1S/C16H13F4NOS/c17-14-4-2-1-3-11(14)9-10-21-15(22)12-5-7-13(8-6-12)23-16(18,19)20/h1-8H,9-10H2,(H,21,22). The van der Waals surface area contributed by atoms with E-state index in [-0.39, 0.29) is 34.6 Å². The minimum Gasteiger partial charge on any atom is -0.352 e. The van der Waals surface area contributed by atoms with E-state index in [1.165, 1.54) is 30.3 Å². The first-order valence-corrected chi connectivity index (χ1v) is 7.54. The first-order chi connectivity index (χ1) is 10.8. The second-order valence-corrected chi connectivity index (χ2v) is 5.81. The summed E-state index contributed by atoms with van der Waals surface area (Å²) in [6, 6.07) is 11.4. The van der Waals surface area contributed by atoms with Crippen LogP contribution < -0.4 is 5.32 Å². The third-order valence-corrected chi connectivity index (χ3v) is 3.73. The maximum Gasteiger partial charge on any atom is 0.446 e. The van der Waals surface area contributed by atoms with Crippen molar-refractivity contribution in [1.82, 2.24) is 5.32 Å². The van der Waals surface area contributed by atoms with E-state index in [0.717, 1.165) is 0 Å². The van der Waals surface area contributed by atoms with Crippen LogP contribution in [-0.4, -0.2) is 18.0 Å². The normalized spacial score (nSPS) is 11.3. The zero-order valence-electron chi connectivity index (χ0n) is 11.9. The minimum absolute atomic E-state index is 0.0143. The summed E-state index contributed by atoms with van der Waals surface area (Å²) in [6.45, 7) is 0.235. The molecule has 122 valence electrons. The highest BCUT2D eigenvalue weighted by Crippen LogP contribution is 2.36. The molecule has 1 N–H and O–H groups in total. The third-order valence-electron chi connectivity index (χ3n) is 2.99. The number of amides is 1. The van der Waals surface area contributed by atoms with E-state index in [4.69, 9.17) is 0 Å². The van der Waals surface area contributed by atoms with Gasteiger partial charge in [0.1, 0.15) is 5.82 Å². The van der Waals surface area contributed by atoms with E-state index < -0.39 is 11.4 Å². The monoisotopic (exact) mass is 343 g/mol. The largest absolute Gasteiger partial charge is 0.446 e. The molecule has 2 rings (SSSR count). The lowest BCUT2D eigenvalue weighted by Crippen LogP contribution is -2.25. The summed E-state index contributed by atoms with van der Waals surface area (Å²) in [5.41, 5.74) is -3.61. The lowest BCUT2D eigenvalue weighted by atomic mass is 10.1. The van der Waals surface area contributed by atoms with E-state index in [1.54, 1.807) is 18.2 Å². The first kappa shape index (κ1) is 17.3. The van der Waals surface area contributed by atoms with Crippen molar-refractivity contribution in [3.63, 3.8) is 0 Å². The Balaban J connectivity index is 1.87. The van der Waals surface area contributed by atoms with Crippen LogP contribution in [0.4, 0.5) is 17.6 Å². The van der Waals surface area contributed by atoms with Crippen molar-refractivity contribution >= 4 is 17.7 Å². The van der Waals surface area contributed by atoms with Gasteiger partial charge in [0, 0.05) is 17.0 Å². The molecule has 0 aliphatic carbocycles. The molecule has 0 saturated heterocycles. The SMILES string of the molecule is O=C(NCCc1ccccc1F)c1ccc(SC(F)(F)F)cc1. The highest BCUT2D eigenvalue weighted by atomic mass is 32.2. The molecule has 2 nitrogen and oxygen atoms in total. The Labute approximate surface area is 134 Å². The Morgan fingerprint density at radius 1 is 1.04 bits per heavy atom. The van der Waals surface area contributed by atoms with Crippen LogP contribution in [-0.2, 0) is 6.42 Å². The Morgan fingerprint density at radius 2 is 1.70 bits per heavy atom. The average Bonchev–Trinajstić information content (AvgIpc) is 2.48. The maximum absolute atomic E-state index is 13.4. The number of rotatable bonds is 5. The van der Waals surface area contributed by atoms with Crippen LogP contribution in [0.25, 0.3) is 0 Å². The highest BCUT2D eigenvalue weighted by molar-refractivity contribution is 8.00. The number of hydrogen-bond donors (Lipinski definition) is 1. The number of thioether (sulfide) groups is 1. The van der Waals surface area contributed by atoms with Gasteiger partial charge in [0.15, 0.2) is 0 Å². The zero-order valence-corrected chi connectivity index (χ0v) is 12.7. The van der Waals surface area contributed by atoms with Gasteiger partial charge < -0.3 is 5.32 Å². The fourth-order valence-corrected chi connectivity index (χ4v) is 2.46. The number of alkyl halides is 3. The Bertz CT molecular complexity index is 671. The van der Waals surface area contributed by atoms with Gasteiger partial charge in [-0.2, -0.15) is 13.2 Å². The quantitative estimate of drug-likeness (QED) is 0.644. The number of nitrogens with one attached hydrogen (secondary N) is 1. The molecular formula is C16H13F4NOS. The molecule has 0 atom stereocenters. The van der Waals surface area contributed by atoms with Gasteiger partial charge >= 0.3 is 5.51 Å². The summed E-state index contributed by atoms with van der Waals surface area (Å²) in [5.74, 6) is -0.750. The molecule has 7 heteroatoms. The lowest BCUT2D eigenvalue weighted by Gasteiger charge is -2.08. The van der Waals surface area contributed by atoms with Crippen molar-refractivity contribution in [2.75, 3.05) is 6.54 Å². The lowest BCUT2D eigenvalue weighted by molar-refractivity contribution is -0.0328. The van der Waals surface area contributed by atoms with Crippen LogP contribution >= 0.6 is 11.8 Å². The maximum atomic E-state index is 13.4. The van der Waals surface area contributed by atoms with Gasteiger partial charge in [0.2, 0.25) is 0 Å². The number of hydrogen-bond acceptors (Lipinski definition) is 2. The van der Waals surface area contributed by atoms with Crippen LogP contribution in [0, 0.1) is 5.82 Å². The summed E-state index contributed by atoms with van der Waals surface area (Å²) >= 11 is -0.235. The smallest absolute Gasteiger partial charge is 0.352 e. The molecule has 0 aliphatic heterocycles. The fourth-order valence-electron chi connectivity index (χ4n) is 1.92. The van der Waals surface area contributed by atoms with Crippen molar-refractivity contribution in [1.29, 1.82) is 0 Å². The fraction of sp³-hybridized carbons (Fsp3) is 0.188. The van der Waals surface area contributed by atoms with Gasteiger partial charge in [0.25, 0.3) is 5.91 Å². The van der Waals surface area contributed by atoms with Crippen LogP contribution in [0.15, 0.2) is 53.4 Å². The van der Waals surface area contributed by atoms with Crippen LogP contribution in [0.2, 0.25) is 0 Å². The summed E-state index contributed by atoms with van der Waals surface area (Å²) in [5, 5.41) is 2.61. The molecule has 2 aromatic rings. The molecular weight excluding hydrogens is 330 g/mol. The molecule has 0 radical (unpaired) electrons. The van der Waals surface area contributed by atoms with E-state index in [9.17, 15) is 22.4 Å². The van der Waals surface area contributed by atoms with Crippen LogP contribution in [0.3, 0.4) is 0 Å². The second-order valence-electron chi connectivity index (χ2n) is 4.67. The van der Waals surface area contributed by atoms with Crippen molar-refractivity contribution < 1.29 is 22.4 Å². The molecule has 0 fully saturated rings. The predicted molar refractivity (Wildman–Crippen MR) is 80.8 cm³/mol. The van der Waals surface area contributed by atoms with E-state index in [2.05, 4.69) is 5.32 Å². The van der Waals surface area contributed by atoms with Gasteiger partial charge in [-0.25, -0.2) is 4.39 Å². The average molecular weight is 343 g/mol. The van der Waals surface area contributed by atoms with E-state index in [1.807, 2.05) is 0 Å². The molecule has 2 aromatic carbocycles. The third kappa shape index (κ3) is 5.59. The summed E-state index contributed by atoms with van der Waals surface area (Å²) in [4.78, 5) is 11.9. The Hall–Kier alpha value is -2.02. The van der Waals surface area contributed by atoms with Crippen LogP contribution in [0.1, 0.15) is 15.9 Å². The van der Waals surface area contributed by atoms with Crippen molar-refractivity contribution in [2.24, 2.45) is 0 Å². The van der Waals surface area contributed by atoms with Gasteiger partial charge in [-0.15, -0.1) is 0 Å². The summed E-state index contributed by atoms with van der Waals surface area (Å²) in [6.07, 6.45) is 0.334. The van der Waals surface area contributed by atoms with Crippen LogP contribution in [0.5, 0.6) is 0 Å². The predicted octanol–water partition coefficient (Wildman–Crippen LogP) is 4.41. The highest BCUT2D eigenvalue weighted by Gasteiger charge is 2.29. The van der Waals surface area contributed by atoms with Gasteiger partial charge in [-0.3, -0.25) is 4.79 Å². The van der Waals surface area contributed by atoms with Gasteiger partial charge in [-0.1, -0.05) is 18.2 Å². The number of benzene rings is 2. The number of carbonyl (C=O) groups is 1. The Kier molecular flexibility index (Phi) is 5.65. The molecule has 0 heterocycles. The van der Waals surface area contributed by atoms with Crippen molar-refractivity contribution in [3.8, 4) is 0 Å². The molecule has 0 unspecified atom stereocenters. The zero-order chi connectivity index (χ0) is 16.9. The molecule has 1 amide bonds. The van der Waals surface area contributed by atoms with E-state index >= 15 is 0 Å². The first-order valence-electron chi connectivity index (χ1n) is 6.72. The van der Waals surface area contributed by atoms with Crippen molar-refractivity contribution in [3.05, 3.63) is 65.5 Å². The van der Waals surface area contributed by atoms with Gasteiger partial charge in [0.05, 0.1) is 0 Å². The molecule has 0 aliphatic rings. The minimum atomic E-state index is -4.36. The molecule has 0 saturated carbocycles. The second kappa shape index (κ2) is 7.50. The molecule has 0 aromatic heterocycles. The Morgan fingerprint density at radius 3 is 2.30 bits per heavy atom. The van der Waals surface area contributed by atoms with E-state index in [0.29, 0.717) is 12.0 Å². The topological polar surface area (TPSA) is 29.1 Å². The van der Waals surface area contributed by atoms with Gasteiger partial charge in [-0.05, 0) is 54.1 Å². The summed E-state index contributed by atoms with van der Waals surface area (Å²) < 4.78 is 50.1.